The van der Waals surface area contributed by atoms with E-state index in [1.54, 1.807) is 6.07 Å². The van der Waals surface area contributed by atoms with E-state index in [1.807, 2.05) is 40.9 Å². The highest BCUT2D eigenvalue weighted by Crippen LogP contribution is 2.15. The summed E-state index contributed by atoms with van der Waals surface area (Å²) in [5.74, 6) is 0.868. The molecule has 0 radical (unpaired) electrons. The van der Waals surface area contributed by atoms with E-state index in [1.165, 1.54) is 0 Å². The molecule has 3 rings (SSSR count). The van der Waals surface area contributed by atoms with Crippen LogP contribution in [0, 0.1) is 0 Å². The average molecular weight is 259 g/mol. The van der Waals surface area contributed by atoms with Crippen LogP contribution in [0.15, 0.2) is 42.6 Å². The van der Waals surface area contributed by atoms with Gasteiger partial charge in [-0.05, 0) is 23.8 Å². The topological polar surface area (TPSA) is 56.2 Å². The van der Waals surface area contributed by atoms with Crippen LogP contribution >= 0.6 is 11.6 Å². The van der Waals surface area contributed by atoms with E-state index in [0.29, 0.717) is 12.1 Å². The number of nitrogen functional groups attached to an aromatic ring is 1. The van der Waals surface area contributed by atoms with Crippen molar-refractivity contribution in [2.24, 2.45) is 0 Å². The van der Waals surface area contributed by atoms with Gasteiger partial charge in [-0.25, -0.2) is 0 Å². The number of anilines is 1. The van der Waals surface area contributed by atoms with Gasteiger partial charge in [0.1, 0.15) is 5.82 Å². The molecule has 0 unspecified atom stereocenters. The third-order valence-electron chi connectivity index (χ3n) is 2.76. The number of nitrogens with two attached hydrogens (primary N) is 1. The molecule has 1 aromatic carbocycles. The standard InChI is InChI=1S/C13H11ClN4/c14-10-3-1-2-9(6-10)7-12-16-17-13-8-11(15)4-5-18(12)13/h1-6,8H,7,15H2. The quantitative estimate of drug-likeness (QED) is 0.769. The lowest BCUT2D eigenvalue weighted by Gasteiger charge is -2.01. The van der Waals surface area contributed by atoms with Crippen molar-refractivity contribution in [3.63, 3.8) is 0 Å². The van der Waals surface area contributed by atoms with Crippen molar-refractivity contribution < 1.29 is 0 Å². The molecule has 0 bridgehead atoms. The van der Waals surface area contributed by atoms with Gasteiger partial charge < -0.3 is 5.73 Å². The molecule has 0 atom stereocenters. The summed E-state index contributed by atoms with van der Waals surface area (Å²) in [4.78, 5) is 0. The number of aromatic nitrogens is 3. The monoisotopic (exact) mass is 258 g/mol. The Balaban J connectivity index is 2.00. The zero-order valence-corrected chi connectivity index (χ0v) is 10.3. The van der Waals surface area contributed by atoms with Crippen LogP contribution in [0.2, 0.25) is 5.02 Å². The molecule has 2 heterocycles. The molecular weight excluding hydrogens is 248 g/mol. The van der Waals surface area contributed by atoms with Crippen LogP contribution in [0.25, 0.3) is 5.65 Å². The first-order chi connectivity index (χ1) is 8.72. The number of halogens is 1. The smallest absolute Gasteiger partial charge is 0.162 e. The minimum absolute atomic E-state index is 0.684. The van der Waals surface area contributed by atoms with E-state index < -0.39 is 0 Å². The van der Waals surface area contributed by atoms with Gasteiger partial charge >= 0.3 is 0 Å². The van der Waals surface area contributed by atoms with Crippen LogP contribution in [0.1, 0.15) is 11.4 Å². The Bertz CT molecular complexity index is 705. The second-order valence-electron chi connectivity index (χ2n) is 4.11. The Morgan fingerprint density at radius 1 is 1.17 bits per heavy atom. The second-order valence-corrected chi connectivity index (χ2v) is 4.55. The van der Waals surface area contributed by atoms with Crippen molar-refractivity contribution in [1.29, 1.82) is 0 Å². The summed E-state index contributed by atoms with van der Waals surface area (Å²) in [6.45, 7) is 0. The maximum Gasteiger partial charge on any atom is 0.162 e. The van der Waals surface area contributed by atoms with Crippen LogP contribution in [0.5, 0.6) is 0 Å². The summed E-state index contributed by atoms with van der Waals surface area (Å²) in [6, 6.07) is 11.4. The number of rotatable bonds is 2. The maximum absolute atomic E-state index is 5.96. The van der Waals surface area contributed by atoms with Crippen molar-refractivity contribution >= 4 is 22.9 Å². The highest BCUT2D eigenvalue weighted by molar-refractivity contribution is 6.30. The minimum Gasteiger partial charge on any atom is -0.399 e. The molecule has 0 fully saturated rings. The SMILES string of the molecule is Nc1ccn2c(Cc3cccc(Cl)c3)nnc2c1. The zero-order valence-electron chi connectivity index (χ0n) is 9.55. The van der Waals surface area contributed by atoms with Gasteiger partial charge in [-0.1, -0.05) is 23.7 Å². The molecule has 0 amide bonds. The Kier molecular flexibility index (Phi) is 2.64. The minimum atomic E-state index is 0.684. The van der Waals surface area contributed by atoms with Gasteiger partial charge in [-0.3, -0.25) is 4.40 Å². The Morgan fingerprint density at radius 2 is 2.06 bits per heavy atom. The first kappa shape index (κ1) is 11.0. The van der Waals surface area contributed by atoms with Gasteiger partial charge in [0.25, 0.3) is 0 Å². The predicted octanol–water partition coefficient (Wildman–Crippen LogP) is 2.56. The number of benzene rings is 1. The lowest BCUT2D eigenvalue weighted by Crippen LogP contribution is -1.97. The molecule has 0 saturated carbocycles. The largest absolute Gasteiger partial charge is 0.399 e. The van der Waals surface area contributed by atoms with Crippen molar-refractivity contribution in [1.82, 2.24) is 14.6 Å². The Hall–Kier alpha value is -2.07. The van der Waals surface area contributed by atoms with E-state index in [0.717, 1.165) is 22.1 Å². The molecule has 4 nitrogen and oxygen atoms in total. The fourth-order valence-corrected chi connectivity index (χ4v) is 2.12. The van der Waals surface area contributed by atoms with Gasteiger partial charge in [-0.2, -0.15) is 0 Å². The van der Waals surface area contributed by atoms with Crippen LogP contribution in [-0.2, 0) is 6.42 Å². The first-order valence-electron chi connectivity index (χ1n) is 5.56. The molecule has 0 spiro atoms. The van der Waals surface area contributed by atoms with Crippen LogP contribution < -0.4 is 5.73 Å². The number of pyridine rings is 1. The summed E-state index contributed by atoms with van der Waals surface area (Å²) < 4.78 is 1.93. The molecule has 0 aliphatic carbocycles. The van der Waals surface area contributed by atoms with Crippen molar-refractivity contribution in [3.8, 4) is 0 Å². The normalized spacial score (nSPS) is 10.9. The van der Waals surface area contributed by atoms with Gasteiger partial charge in [0.05, 0.1) is 0 Å². The molecule has 0 aliphatic heterocycles. The molecule has 2 N–H and O–H groups in total. The van der Waals surface area contributed by atoms with Crippen molar-refractivity contribution in [2.45, 2.75) is 6.42 Å². The number of fused-ring (bicyclic) bond motifs is 1. The lowest BCUT2D eigenvalue weighted by atomic mass is 10.1. The second kappa shape index (κ2) is 4.31. The van der Waals surface area contributed by atoms with Gasteiger partial charge in [0, 0.05) is 29.4 Å². The molecule has 0 saturated heterocycles. The predicted molar refractivity (Wildman–Crippen MR) is 71.7 cm³/mol. The summed E-state index contributed by atoms with van der Waals surface area (Å²) in [7, 11) is 0. The number of nitrogens with zero attached hydrogens (tertiary/aromatic N) is 3. The van der Waals surface area contributed by atoms with Crippen LogP contribution in [-0.4, -0.2) is 14.6 Å². The average Bonchev–Trinajstić information content (AvgIpc) is 2.72. The van der Waals surface area contributed by atoms with Crippen LogP contribution in [0.4, 0.5) is 5.69 Å². The molecule has 2 aromatic heterocycles. The first-order valence-corrected chi connectivity index (χ1v) is 5.94. The Morgan fingerprint density at radius 3 is 2.89 bits per heavy atom. The van der Waals surface area contributed by atoms with Gasteiger partial charge in [0.2, 0.25) is 0 Å². The van der Waals surface area contributed by atoms with Crippen LogP contribution in [0.3, 0.4) is 0 Å². The van der Waals surface area contributed by atoms with E-state index in [-0.39, 0.29) is 0 Å². The van der Waals surface area contributed by atoms with Crippen molar-refractivity contribution in [3.05, 3.63) is 59.0 Å². The van der Waals surface area contributed by atoms with Gasteiger partial charge in [0.15, 0.2) is 5.65 Å². The highest BCUT2D eigenvalue weighted by Gasteiger charge is 2.06. The molecule has 90 valence electrons. The summed E-state index contributed by atoms with van der Waals surface area (Å²) in [5, 5.41) is 9.00. The highest BCUT2D eigenvalue weighted by atomic mass is 35.5. The van der Waals surface area contributed by atoms with Crippen molar-refractivity contribution in [2.75, 3.05) is 5.73 Å². The fourth-order valence-electron chi connectivity index (χ4n) is 1.91. The van der Waals surface area contributed by atoms with E-state index in [4.69, 9.17) is 17.3 Å². The van der Waals surface area contributed by atoms with E-state index in [2.05, 4.69) is 10.2 Å². The number of hydrogen-bond acceptors (Lipinski definition) is 3. The van der Waals surface area contributed by atoms with E-state index >= 15 is 0 Å². The molecule has 3 aromatic rings. The lowest BCUT2D eigenvalue weighted by molar-refractivity contribution is 0.935. The molecule has 0 aliphatic rings. The number of hydrogen-bond donors (Lipinski definition) is 1. The zero-order chi connectivity index (χ0) is 12.5. The third kappa shape index (κ3) is 2.02. The third-order valence-corrected chi connectivity index (χ3v) is 2.99. The summed E-state index contributed by atoms with van der Waals surface area (Å²) >= 11 is 5.96. The maximum atomic E-state index is 5.96. The van der Waals surface area contributed by atoms with Gasteiger partial charge in [-0.15, -0.1) is 10.2 Å². The Labute approximate surface area is 109 Å². The molecular formula is C13H11ClN4. The fraction of sp³-hybridized carbons (Fsp3) is 0.0769. The molecule has 18 heavy (non-hydrogen) atoms. The molecule has 5 heteroatoms. The summed E-state index contributed by atoms with van der Waals surface area (Å²) in [5.41, 5.74) is 8.25. The van der Waals surface area contributed by atoms with E-state index in [9.17, 15) is 0 Å². The summed E-state index contributed by atoms with van der Waals surface area (Å²) in [6.07, 6.45) is 2.57.